The van der Waals surface area contributed by atoms with Crippen molar-refractivity contribution >= 4 is 14.0 Å². The molecule has 2 atom stereocenters. The van der Waals surface area contributed by atoms with Crippen LogP contribution in [-0.2, 0) is 19.0 Å². The third-order valence-electron chi connectivity index (χ3n) is 3.10. The van der Waals surface area contributed by atoms with Crippen molar-refractivity contribution in [2.45, 2.75) is 57.3 Å². The molecule has 1 aliphatic heterocycles. The maximum atomic E-state index is 11.8. The third-order valence-corrected chi connectivity index (χ3v) is 5.66. The van der Waals surface area contributed by atoms with E-state index in [1.54, 1.807) is 0 Å². The quantitative estimate of drug-likeness (QED) is 0.575. The summed E-state index contributed by atoms with van der Waals surface area (Å²) in [5.41, 5.74) is -0.0324. The van der Waals surface area contributed by atoms with Gasteiger partial charge in [-0.05, 0) is 20.3 Å². The zero-order chi connectivity index (χ0) is 13.3. The predicted molar refractivity (Wildman–Crippen MR) is 68.6 cm³/mol. The van der Waals surface area contributed by atoms with Crippen molar-refractivity contribution in [2.75, 3.05) is 13.7 Å². The summed E-state index contributed by atoms with van der Waals surface area (Å²) in [4.78, 5) is 11.8. The average molecular weight is 260 g/mol. The Morgan fingerprint density at radius 3 is 2.41 bits per heavy atom. The first-order valence-corrected chi connectivity index (χ1v) is 9.63. The van der Waals surface area contributed by atoms with Gasteiger partial charge in [0.05, 0.1) is 33.4 Å². The van der Waals surface area contributed by atoms with Gasteiger partial charge in [-0.2, -0.15) is 0 Å². The lowest BCUT2D eigenvalue weighted by molar-refractivity contribution is -0.146. The number of esters is 1. The molecular weight excluding hydrogens is 236 g/mol. The Hall–Kier alpha value is -0.393. The first kappa shape index (κ1) is 14.7. The van der Waals surface area contributed by atoms with Gasteiger partial charge >= 0.3 is 5.97 Å². The van der Waals surface area contributed by atoms with Crippen molar-refractivity contribution in [3.8, 4) is 0 Å². The Balaban J connectivity index is 2.65. The topological polar surface area (TPSA) is 44.8 Å². The molecule has 0 spiro atoms. The van der Waals surface area contributed by atoms with Gasteiger partial charge in [-0.15, -0.1) is 0 Å². The fourth-order valence-corrected chi connectivity index (χ4v) is 3.88. The Morgan fingerprint density at radius 1 is 1.47 bits per heavy atom. The van der Waals surface area contributed by atoms with Gasteiger partial charge in [0.15, 0.2) is 5.79 Å². The highest BCUT2D eigenvalue weighted by Crippen LogP contribution is 2.33. The number of hydrogen-bond donors (Lipinski definition) is 0. The molecule has 0 radical (unpaired) electrons. The highest BCUT2D eigenvalue weighted by Gasteiger charge is 2.40. The molecule has 17 heavy (non-hydrogen) atoms. The van der Waals surface area contributed by atoms with Crippen LogP contribution in [0.25, 0.3) is 0 Å². The zero-order valence-electron chi connectivity index (χ0n) is 11.7. The number of ether oxygens (including phenoxy) is 3. The molecule has 0 N–H and O–H groups in total. The van der Waals surface area contributed by atoms with Crippen LogP contribution in [0.4, 0.5) is 0 Å². The van der Waals surface area contributed by atoms with Gasteiger partial charge in [0.2, 0.25) is 0 Å². The Bertz CT molecular complexity index is 283. The molecule has 1 heterocycles. The Morgan fingerprint density at radius 2 is 2.06 bits per heavy atom. The van der Waals surface area contributed by atoms with E-state index in [0.29, 0.717) is 13.0 Å². The minimum absolute atomic E-state index is 0.000764. The zero-order valence-corrected chi connectivity index (χ0v) is 12.7. The van der Waals surface area contributed by atoms with Gasteiger partial charge in [-0.25, -0.2) is 0 Å². The minimum Gasteiger partial charge on any atom is -0.469 e. The second-order valence-corrected chi connectivity index (χ2v) is 11.6. The molecule has 0 bridgehead atoms. The summed E-state index contributed by atoms with van der Waals surface area (Å²) in [5, 5.41) is 0. The number of methoxy groups -OCH3 is 1. The highest BCUT2D eigenvalue weighted by atomic mass is 28.3. The SMILES string of the molecule is COC(=O)[C@H](C[C@@H]1COC(C)(C)O1)[Si](C)(C)C. The number of hydrogen-bond acceptors (Lipinski definition) is 4. The van der Waals surface area contributed by atoms with Crippen LogP contribution >= 0.6 is 0 Å². The molecule has 0 aromatic heterocycles. The van der Waals surface area contributed by atoms with E-state index in [-0.39, 0.29) is 17.6 Å². The predicted octanol–water partition coefficient (Wildman–Crippen LogP) is 2.41. The van der Waals surface area contributed by atoms with Crippen molar-refractivity contribution in [2.24, 2.45) is 0 Å². The monoisotopic (exact) mass is 260 g/mol. The highest BCUT2D eigenvalue weighted by molar-refractivity contribution is 6.80. The summed E-state index contributed by atoms with van der Waals surface area (Å²) in [5.74, 6) is -0.636. The van der Waals surface area contributed by atoms with E-state index in [1.807, 2.05) is 13.8 Å². The maximum Gasteiger partial charge on any atom is 0.305 e. The number of rotatable bonds is 4. The molecule has 0 aliphatic carbocycles. The second-order valence-electron chi connectivity index (χ2n) is 6.13. The number of carbonyl (C=O) groups excluding carboxylic acids is 1. The first-order chi connectivity index (χ1) is 7.65. The van der Waals surface area contributed by atoms with Gasteiger partial charge in [-0.3, -0.25) is 4.79 Å². The molecule has 1 aliphatic rings. The standard InChI is InChI=1S/C12H24O4Si/c1-12(2)15-8-9(16-12)7-10(11(13)14-3)17(4,5)6/h9-10H,7-8H2,1-6H3/t9-,10+/m1/s1. The third kappa shape index (κ3) is 4.08. The normalized spacial score (nSPS) is 25.6. The Labute approximate surface area is 105 Å². The molecule has 0 unspecified atom stereocenters. The van der Waals surface area contributed by atoms with Crippen molar-refractivity contribution < 1.29 is 19.0 Å². The van der Waals surface area contributed by atoms with Crippen LogP contribution in [0.3, 0.4) is 0 Å². The van der Waals surface area contributed by atoms with Crippen LogP contribution in [0.1, 0.15) is 20.3 Å². The van der Waals surface area contributed by atoms with Crippen molar-refractivity contribution in [1.29, 1.82) is 0 Å². The summed E-state index contributed by atoms with van der Waals surface area (Å²) >= 11 is 0. The molecule has 5 heteroatoms. The molecule has 1 saturated heterocycles. The molecule has 100 valence electrons. The largest absolute Gasteiger partial charge is 0.469 e. The summed E-state index contributed by atoms with van der Waals surface area (Å²) < 4.78 is 16.2. The van der Waals surface area contributed by atoms with Gasteiger partial charge < -0.3 is 14.2 Å². The van der Waals surface area contributed by atoms with Crippen molar-refractivity contribution in [3.05, 3.63) is 0 Å². The van der Waals surface area contributed by atoms with Gasteiger partial charge in [-0.1, -0.05) is 19.6 Å². The van der Waals surface area contributed by atoms with E-state index < -0.39 is 13.9 Å². The first-order valence-electron chi connectivity index (χ1n) is 6.05. The molecule has 0 aromatic carbocycles. The number of carbonyl (C=O) groups is 1. The molecule has 0 amide bonds. The molecule has 1 rings (SSSR count). The summed E-state index contributed by atoms with van der Waals surface area (Å²) in [6.07, 6.45) is 0.701. The van der Waals surface area contributed by atoms with Crippen LogP contribution in [0.5, 0.6) is 0 Å². The Kier molecular flexibility index (Phi) is 4.38. The smallest absolute Gasteiger partial charge is 0.305 e. The minimum atomic E-state index is -1.59. The van der Waals surface area contributed by atoms with Crippen LogP contribution in [0.15, 0.2) is 0 Å². The maximum absolute atomic E-state index is 11.8. The van der Waals surface area contributed by atoms with Crippen LogP contribution in [0.2, 0.25) is 25.2 Å². The lowest BCUT2D eigenvalue weighted by atomic mass is 10.2. The summed E-state index contributed by atoms with van der Waals surface area (Å²) in [6.45, 7) is 10.9. The summed E-state index contributed by atoms with van der Waals surface area (Å²) in [7, 11) is -0.145. The fraction of sp³-hybridized carbons (Fsp3) is 0.917. The van der Waals surface area contributed by atoms with E-state index in [0.717, 1.165) is 0 Å². The second kappa shape index (κ2) is 5.08. The van der Waals surface area contributed by atoms with E-state index in [4.69, 9.17) is 14.2 Å². The fourth-order valence-electron chi connectivity index (χ4n) is 2.09. The van der Waals surface area contributed by atoms with Gasteiger partial charge in [0.1, 0.15) is 0 Å². The van der Waals surface area contributed by atoms with Crippen LogP contribution in [-0.4, -0.2) is 39.7 Å². The van der Waals surface area contributed by atoms with Gasteiger partial charge in [0.25, 0.3) is 0 Å². The lowest BCUT2D eigenvalue weighted by Crippen LogP contribution is -2.37. The lowest BCUT2D eigenvalue weighted by Gasteiger charge is -2.28. The van der Waals surface area contributed by atoms with Crippen LogP contribution in [0, 0.1) is 0 Å². The van der Waals surface area contributed by atoms with Crippen molar-refractivity contribution in [1.82, 2.24) is 0 Å². The molecular formula is C12H24O4Si. The molecule has 1 fully saturated rings. The average Bonchev–Trinajstić information content (AvgIpc) is 2.52. The van der Waals surface area contributed by atoms with Crippen molar-refractivity contribution in [3.63, 3.8) is 0 Å². The molecule has 4 nitrogen and oxygen atoms in total. The van der Waals surface area contributed by atoms with E-state index in [1.165, 1.54) is 7.11 Å². The van der Waals surface area contributed by atoms with E-state index in [2.05, 4.69) is 19.6 Å². The van der Waals surface area contributed by atoms with E-state index >= 15 is 0 Å². The van der Waals surface area contributed by atoms with Gasteiger partial charge in [0, 0.05) is 0 Å². The van der Waals surface area contributed by atoms with E-state index in [9.17, 15) is 4.79 Å². The van der Waals surface area contributed by atoms with Crippen LogP contribution < -0.4 is 0 Å². The summed E-state index contributed by atoms with van der Waals surface area (Å²) in [6, 6.07) is 0. The molecule has 0 saturated carbocycles. The molecule has 0 aromatic rings.